The van der Waals surface area contributed by atoms with Crippen molar-refractivity contribution in [1.29, 1.82) is 0 Å². The minimum absolute atomic E-state index is 0. The first-order valence-electron chi connectivity index (χ1n) is 2.68. The summed E-state index contributed by atoms with van der Waals surface area (Å²) in [7, 11) is 6.00. The van der Waals surface area contributed by atoms with Gasteiger partial charge in [0, 0.05) is 42.7 Å². The first-order chi connectivity index (χ1) is 6.00. The predicted octanol–water partition coefficient (Wildman–Crippen LogP) is -1.38. The molecule has 0 spiro atoms. The highest BCUT2D eigenvalue weighted by Crippen LogP contribution is 0.765. The molecule has 0 saturated carbocycles. The minimum atomic E-state index is 0. The molecule has 0 saturated heterocycles. The summed E-state index contributed by atoms with van der Waals surface area (Å²) in [5.74, 6) is 0. The van der Waals surface area contributed by atoms with Crippen molar-refractivity contribution in [2.45, 2.75) is 0 Å². The number of aliphatic hydroxyl groups is 6. The molecule has 0 atom stereocenters. The van der Waals surface area contributed by atoms with E-state index in [-0.39, 0.29) is 36.9 Å². The number of hydrogen-bond acceptors (Lipinski definition) is 12. The summed E-state index contributed by atoms with van der Waals surface area (Å²) in [5, 5.41) is 42.0. The van der Waals surface area contributed by atoms with Crippen molar-refractivity contribution in [2.24, 2.45) is 0 Å². The van der Waals surface area contributed by atoms with Gasteiger partial charge in [-0.2, -0.15) is 0 Å². The fourth-order valence-electron chi connectivity index (χ4n) is 0. The maximum absolute atomic E-state index is 7.00. The molecule has 12 heteroatoms. The molecule has 0 radical (unpaired) electrons. The van der Waals surface area contributed by atoms with Crippen molar-refractivity contribution in [3.05, 3.63) is 0 Å². The molecule has 0 unspecified atom stereocenters. The summed E-state index contributed by atoms with van der Waals surface area (Å²) >= 11 is 0. The first-order valence-corrected chi connectivity index (χ1v) is 2.68. The van der Waals surface area contributed by atoms with Crippen molar-refractivity contribution >= 4 is 0 Å². The molecule has 0 heterocycles. The van der Waals surface area contributed by atoms with Crippen LogP contribution in [0.2, 0.25) is 0 Å². The maximum atomic E-state index is 7.00. The lowest BCUT2D eigenvalue weighted by Gasteiger charge is -1.21. The fourth-order valence-corrected chi connectivity index (χ4v) is 0. The van der Waals surface area contributed by atoms with Gasteiger partial charge in [0.1, 0.15) is 0 Å². The predicted molar refractivity (Wildman–Crippen MR) is 79.0 cm³/mol. The third kappa shape index (κ3) is 14200. The van der Waals surface area contributed by atoms with Crippen LogP contribution in [0.15, 0.2) is 0 Å². The Morgan fingerprint density at radius 1 is 0.222 bits per heavy atom. The van der Waals surface area contributed by atoms with E-state index in [1.165, 1.54) is 0 Å². The first kappa shape index (κ1) is 157. The molecule has 0 aliphatic heterocycles. The molecular formula is C6H42N6O6. The van der Waals surface area contributed by atoms with Gasteiger partial charge in [0.25, 0.3) is 0 Å². The highest BCUT2D eigenvalue weighted by atomic mass is 16.2. The Labute approximate surface area is 111 Å². The molecule has 0 aliphatic carbocycles. The largest absolute Gasteiger partial charge is 0.400 e. The maximum Gasteiger partial charge on any atom is 0.0319 e. The van der Waals surface area contributed by atoms with Gasteiger partial charge in [-0.25, -0.2) is 0 Å². The highest BCUT2D eigenvalue weighted by molar-refractivity contribution is 3.19. The lowest BCUT2D eigenvalue weighted by molar-refractivity contribution is 0.399. The van der Waals surface area contributed by atoms with Gasteiger partial charge in [-0.1, -0.05) is 0 Å². The molecular weight excluding hydrogens is 252 g/mol. The second-order valence-electron chi connectivity index (χ2n) is 0. The zero-order valence-corrected chi connectivity index (χ0v) is 12.9. The molecule has 18 heavy (non-hydrogen) atoms. The number of hydrogen-bond donors (Lipinski definition) is 12. The highest BCUT2D eigenvalue weighted by Gasteiger charge is 0.849. The Morgan fingerprint density at radius 2 is 0.222 bits per heavy atom. The smallest absolute Gasteiger partial charge is 0.0319 e. The molecule has 12 nitrogen and oxygen atoms in total. The summed E-state index contributed by atoms with van der Waals surface area (Å²) in [4.78, 5) is 0. The molecule has 0 aromatic carbocycles. The molecule has 0 aromatic heterocycles. The summed E-state index contributed by atoms with van der Waals surface area (Å²) in [6.07, 6.45) is 0. The Hall–Kier alpha value is -0.480. The van der Waals surface area contributed by atoms with Crippen LogP contribution in [0.4, 0.5) is 0 Å². The van der Waals surface area contributed by atoms with Crippen molar-refractivity contribution < 1.29 is 30.6 Å². The third-order valence-electron chi connectivity index (χ3n) is 0. The summed E-state index contributed by atoms with van der Waals surface area (Å²) in [6.45, 7) is 0. The monoisotopic (exact) mass is 294 g/mol. The molecule has 0 aromatic rings. The van der Waals surface area contributed by atoms with E-state index in [0.29, 0.717) is 0 Å². The van der Waals surface area contributed by atoms with Gasteiger partial charge in [-0.05, 0) is 0 Å². The van der Waals surface area contributed by atoms with Crippen LogP contribution in [0.3, 0.4) is 0 Å². The number of aliphatic hydroxyl groups excluding tert-OH is 6. The lowest BCUT2D eigenvalue weighted by Crippen LogP contribution is -1.25. The van der Waals surface area contributed by atoms with Crippen LogP contribution in [0.1, 0.15) is 0 Å². The Bertz CT molecular complexity index is 28.5. The summed E-state index contributed by atoms with van der Waals surface area (Å²) in [5.41, 5.74) is 0. The Balaban J connectivity index is -0.00000000225. The second-order valence-corrected chi connectivity index (χ2v) is 0. The van der Waals surface area contributed by atoms with Gasteiger partial charge in [0.15, 0.2) is 0 Å². The molecule has 0 fully saturated rings. The fraction of sp³-hybridized carbons (Fsp3) is 1.00. The van der Waals surface area contributed by atoms with Crippen LogP contribution in [0.25, 0.3) is 0 Å². The van der Waals surface area contributed by atoms with Crippen molar-refractivity contribution in [2.75, 3.05) is 42.7 Å². The average molecular weight is 294 g/mol. The van der Waals surface area contributed by atoms with Gasteiger partial charge < -0.3 is 67.5 Å². The topological polar surface area (TPSA) is 331 Å². The van der Waals surface area contributed by atoms with E-state index in [4.69, 9.17) is 30.6 Å². The van der Waals surface area contributed by atoms with E-state index >= 15 is 0 Å². The SMILES string of the molecule is CO.CO.CO.CO.CO.CO.N.N.N.N.N.N. The Kier molecular flexibility index (Phi) is 151000. The van der Waals surface area contributed by atoms with E-state index in [1.54, 1.807) is 0 Å². The van der Waals surface area contributed by atoms with Crippen LogP contribution >= 0.6 is 0 Å². The molecule has 24 N–H and O–H groups in total. The van der Waals surface area contributed by atoms with Crippen molar-refractivity contribution in [1.82, 2.24) is 36.9 Å². The third-order valence-corrected chi connectivity index (χ3v) is 0. The molecule has 0 bridgehead atoms. The van der Waals surface area contributed by atoms with Gasteiger partial charge in [-0.15, -0.1) is 0 Å². The van der Waals surface area contributed by atoms with Gasteiger partial charge >= 0.3 is 0 Å². The zero-order valence-electron chi connectivity index (χ0n) is 12.9. The van der Waals surface area contributed by atoms with E-state index in [2.05, 4.69) is 0 Å². The summed E-state index contributed by atoms with van der Waals surface area (Å²) < 4.78 is 0. The average Bonchev–Trinajstić information content (AvgIpc) is 2.33. The molecule has 0 aliphatic rings. The minimum Gasteiger partial charge on any atom is -0.400 e. The van der Waals surface area contributed by atoms with Gasteiger partial charge in [0.05, 0.1) is 0 Å². The van der Waals surface area contributed by atoms with Gasteiger partial charge in [0.2, 0.25) is 0 Å². The van der Waals surface area contributed by atoms with Gasteiger partial charge in [-0.3, -0.25) is 0 Å². The van der Waals surface area contributed by atoms with E-state index in [9.17, 15) is 0 Å². The van der Waals surface area contributed by atoms with Crippen LogP contribution in [0.5, 0.6) is 0 Å². The van der Waals surface area contributed by atoms with Crippen LogP contribution in [0, 0.1) is 0 Å². The zero-order chi connectivity index (χ0) is 12.0. The second kappa shape index (κ2) is 17300. The van der Waals surface area contributed by atoms with Crippen LogP contribution in [-0.2, 0) is 0 Å². The van der Waals surface area contributed by atoms with Crippen LogP contribution < -0.4 is 36.9 Å². The standard InChI is InChI=1S/6CH4O.6H3N/c6*1-2;;;;;;/h6*2H,1H3;6*1H3. The van der Waals surface area contributed by atoms with E-state index < -0.39 is 0 Å². The quantitative estimate of drug-likeness (QED) is 0.245. The normalized spacial score (nSPS) is 2.00. The van der Waals surface area contributed by atoms with E-state index in [1.807, 2.05) is 0 Å². The molecule has 0 amide bonds. The number of rotatable bonds is 0. The van der Waals surface area contributed by atoms with Crippen LogP contribution in [-0.4, -0.2) is 73.3 Å². The van der Waals surface area contributed by atoms with E-state index in [0.717, 1.165) is 42.7 Å². The Morgan fingerprint density at radius 3 is 0.222 bits per heavy atom. The summed E-state index contributed by atoms with van der Waals surface area (Å²) in [6, 6.07) is 0. The van der Waals surface area contributed by atoms with Crippen molar-refractivity contribution in [3.63, 3.8) is 0 Å². The van der Waals surface area contributed by atoms with Crippen molar-refractivity contribution in [3.8, 4) is 0 Å². The lowest BCUT2D eigenvalue weighted by atomic mass is 11.8. The molecule has 132 valence electrons. The molecule has 0 rings (SSSR count).